The van der Waals surface area contributed by atoms with Gasteiger partial charge in [0.05, 0.1) is 11.6 Å². The number of carbonyl (C=O) groups is 3. The first-order valence-electron chi connectivity index (χ1n) is 11.1. The van der Waals surface area contributed by atoms with Crippen molar-refractivity contribution in [2.24, 2.45) is 5.41 Å². The molecule has 2 rings (SSSR count). The number of hydrogen-bond donors (Lipinski definition) is 1. The molecule has 1 N–H and O–H groups in total. The van der Waals surface area contributed by atoms with Crippen LogP contribution in [0.4, 0.5) is 4.79 Å². The number of hydrogen-bond acceptors (Lipinski definition) is 7. The molecular weight excluding hydrogens is 462 g/mol. The fraction of sp³-hybridized carbons (Fsp3) is 0.583. The van der Waals surface area contributed by atoms with Crippen LogP contribution >= 0.6 is 11.6 Å². The summed E-state index contributed by atoms with van der Waals surface area (Å²) < 4.78 is 16.5. The fourth-order valence-corrected chi connectivity index (χ4v) is 3.54. The van der Waals surface area contributed by atoms with E-state index in [4.69, 9.17) is 25.8 Å². The number of nitrogens with zero attached hydrogens (tertiary/aromatic N) is 2. The maximum absolute atomic E-state index is 13.7. The highest BCUT2D eigenvalue weighted by Gasteiger charge is 2.46. The maximum Gasteiger partial charge on any atom is 0.408 e. The molecule has 1 saturated heterocycles. The molecule has 1 aromatic rings. The molecule has 0 saturated carbocycles. The summed E-state index contributed by atoms with van der Waals surface area (Å²) in [6.45, 7) is 14.3. The van der Waals surface area contributed by atoms with Crippen molar-refractivity contribution in [3.8, 4) is 5.88 Å². The molecule has 1 fully saturated rings. The van der Waals surface area contributed by atoms with Gasteiger partial charge in [0.2, 0.25) is 11.8 Å². The third-order valence-electron chi connectivity index (χ3n) is 4.92. The van der Waals surface area contributed by atoms with Crippen LogP contribution in [0.25, 0.3) is 0 Å². The molecule has 10 heteroatoms. The molecule has 2 amide bonds. The minimum absolute atomic E-state index is 0.0144. The first kappa shape index (κ1) is 27.4. The minimum Gasteiger partial charge on any atom is -0.472 e. The summed E-state index contributed by atoms with van der Waals surface area (Å²) in [6.07, 6.45) is 1.87. The van der Waals surface area contributed by atoms with Crippen LogP contribution in [0.3, 0.4) is 0 Å². The number of rotatable bonds is 7. The Morgan fingerprint density at radius 3 is 2.47 bits per heavy atom. The van der Waals surface area contributed by atoms with Crippen LogP contribution < -0.4 is 10.1 Å². The highest BCUT2D eigenvalue weighted by atomic mass is 35.5. The normalized spacial score (nSPS) is 19.2. The second-order valence-corrected chi connectivity index (χ2v) is 10.6. The van der Waals surface area contributed by atoms with Crippen molar-refractivity contribution >= 4 is 29.6 Å². The molecule has 0 radical (unpaired) electrons. The molecule has 9 nitrogen and oxygen atoms in total. The van der Waals surface area contributed by atoms with E-state index in [9.17, 15) is 14.4 Å². The molecule has 0 aliphatic carbocycles. The number of nitrogens with one attached hydrogen (secondary N) is 1. The molecule has 0 bridgehead atoms. The van der Waals surface area contributed by atoms with E-state index in [1.165, 1.54) is 17.2 Å². The molecule has 34 heavy (non-hydrogen) atoms. The average Bonchev–Trinajstić information content (AvgIpc) is 3.13. The minimum atomic E-state index is -0.954. The highest BCUT2D eigenvalue weighted by Crippen LogP contribution is 2.29. The van der Waals surface area contributed by atoms with E-state index in [1.54, 1.807) is 32.9 Å². The van der Waals surface area contributed by atoms with Gasteiger partial charge in [-0.05, 0) is 32.3 Å². The van der Waals surface area contributed by atoms with E-state index in [-0.39, 0.29) is 19.6 Å². The lowest BCUT2D eigenvalue weighted by Gasteiger charge is -2.35. The molecule has 1 aliphatic rings. The summed E-state index contributed by atoms with van der Waals surface area (Å²) in [7, 11) is 0. The molecule has 2 heterocycles. The lowest BCUT2D eigenvalue weighted by atomic mass is 9.85. The zero-order valence-corrected chi connectivity index (χ0v) is 21.3. The number of aromatic nitrogens is 1. The van der Waals surface area contributed by atoms with Crippen LogP contribution in [-0.2, 0) is 19.1 Å². The lowest BCUT2D eigenvalue weighted by molar-refractivity contribution is -0.153. The quantitative estimate of drug-likeness (QED) is 0.453. The highest BCUT2D eigenvalue weighted by molar-refractivity contribution is 6.30. The van der Waals surface area contributed by atoms with Gasteiger partial charge in [0.15, 0.2) is 0 Å². The monoisotopic (exact) mass is 495 g/mol. The fourth-order valence-electron chi connectivity index (χ4n) is 3.43. The number of carbonyl (C=O) groups excluding carboxylic acids is 3. The van der Waals surface area contributed by atoms with Crippen LogP contribution in [0.5, 0.6) is 5.88 Å². The van der Waals surface area contributed by atoms with Gasteiger partial charge in [0, 0.05) is 18.7 Å². The zero-order chi connectivity index (χ0) is 25.7. The van der Waals surface area contributed by atoms with Crippen molar-refractivity contribution in [2.75, 3.05) is 13.2 Å². The zero-order valence-electron chi connectivity index (χ0n) is 20.6. The summed E-state index contributed by atoms with van der Waals surface area (Å²) in [4.78, 5) is 44.4. The molecular formula is C24H34ClN3O6. The second kappa shape index (κ2) is 11.1. The predicted octanol–water partition coefficient (Wildman–Crippen LogP) is 3.75. The molecule has 1 unspecified atom stereocenters. The average molecular weight is 496 g/mol. The van der Waals surface area contributed by atoms with Gasteiger partial charge in [-0.25, -0.2) is 14.6 Å². The summed E-state index contributed by atoms with van der Waals surface area (Å²) in [6, 6.07) is 1.40. The van der Waals surface area contributed by atoms with Crippen molar-refractivity contribution < 1.29 is 28.6 Å². The van der Waals surface area contributed by atoms with Crippen molar-refractivity contribution in [2.45, 2.75) is 71.8 Å². The third kappa shape index (κ3) is 7.90. The maximum atomic E-state index is 13.7. The Balaban J connectivity index is 2.27. The predicted molar refractivity (Wildman–Crippen MR) is 128 cm³/mol. The number of ether oxygens (including phenoxy) is 3. The summed E-state index contributed by atoms with van der Waals surface area (Å²) in [5, 5.41) is 3.14. The van der Waals surface area contributed by atoms with Gasteiger partial charge in [-0.3, -0.25) is 4.79 Å². The third-order valence-corrected chi connectivity index (χ3v) is 5.15. The molecule has 1 aromatic heterocycles. The first-order valence-corrected chi connectivity index (χ1v) is 11.4. The number of alkyl carbamates (subject to hydrolysis) is 1. The standard InChI is InChI=1S/C24H34ClN3O6/c1-8-11-32-21(30)17-12-16(33-18-10-9-15(25)13-26-18)14-28(17)20(29)19(23(2,3)4)27-22(31)34-24(5,6)7/h8-10,13,16-17,19H,1,11-12,14H2,2-7H3,(H,27,31)/t16-,17?,19-/m1/s1. The Morgan fingerprint density at radius 2 is 1.94 bits per heavy atom. The Morgan fingerprint density at radius 1 is 1.26 bits per heavy atom. The van der Waals surface area contributed by atoms with Crippen LogP contribution in [0.15, 0.2) is 31.0 Å². The van der Waals surface area contributed by atoms with Gasteiger partial charge in [0.25, 0.3) is 0 Å². The van der Waals surface area contributed by atoms with E-state index in [1.807, 2.05) is 20.8 Å². The topological polar surface area (TPSA) is 107 Å². The molecule has 3 atom stereocenters. The van der Waals surface area contributed by atoms with Crippen molar-refractivity contribution in [3.63, 3.8) is 0 Å². The van der Waals surface area contributed by atoms with Crippen molar-refractivity contribution in [3.05, 3.63) is 36.0 Å². The number of halogens is 1. The largest absolute Gasteiger partial charge is 0.472 e. The summed E-state index contributed by atoms with van der Waals surface area (Å²) in [5.74, 6) is -0.691. The van der Waals surface area contributed by atoms with E-state index in [0.717, 1.165) is 0 Å². The molecule has 0 aromatic carbocycles. The summed E-state index contributed by atoms with van der Waals surface area (Å²) >= 11 is 5.88. The second-order valence-electron chi connectivity index (χ2n) is 10.2. The van der Waals surface area contributed by atoms with Crippen LogP contribution in [0.2, 0.25) is 5.02 Å². The Kier molecular flexibility index (Phi) is 8.94. The number of likely N-dealkylation sites (tertiary alicyclic amines) is 1. The van der Waals surface area contributed by atoms with Gasteiger partial charge >= 0.3 is 12.1 Å². The van der Waals surface area contributed by atoms with Crippen LogP contribution in [-0.4, -0.2) is 64.8 Å². The first-order chi connectivity index (χ1) is 15.7. The lowest BCUT2D eigenvalue weighted by Crippen LogP contribution is -2.57. The summed E-state index contributed by atoms with van der Waals surface area (Å²) in [5.41, 5.74) is -1.40. The van der Waals surface area contributed by atoms with Crippen LogP contribution in [0, 0.1) is 5.41 Å². The van der Waals surface area contributed by atoms with Gasteiger partial charge in [-0.1, -0.05) is 45.0 Å². The Bertz CT molecular complexity index is 891. The van der Waals surface area contributed by atoms with E-state index in [2.05, 4.69) is 16.9 Å². The number of amides is 2. The van der Waals surface area contributed by atoms with E-state index in [0.29, 0.717) is 10.9 Å². The van der Waals surface area contributed by atoms with Crippen molar-refractivity contribution in [1.82, 2.24) is 15.2 Å². The number of pyridine rings is 1. The van der Waals surface area contributed by atoms with E-state index >= 15 is 0 Å². The molecule has 188 valence electrons. The Labute approximate surface area is 205 Å². The Hall–Kier alpha value is -2.81. The molecule has 1 aliphatic heterocycles. The van der Waals surface area contributed by atoms with Crippen LogP contribution in [0.1, 0.15) is 48.0 Å². The van der Waals surface area contributed by atoms with Gasteiger partial charge in [0.1, 0.15) is 30.4 Å². The van der Waals surface area contributed by atoms with Gasteiger partial charge in [-0.15, -0.1) is 0 Å². The van der Waals surface area contributed by atoms with E-state index < -0.39 is 47.2 Å². The number of esters is 1. The van der Waals surface area contributed by atoms with Gasteiger partial charge < -0.3 is 24.4 Å². The molecule has 0 spiro atoms. The SMILES string of the molecule is C=CCOC(=O)C1C[C@@H](Oc2ccc(Cl)cn2)CN1C(=O)[C@@H](NC(=O)OC(C)(C)C)C(C)(C)C. The van der Waals surface area contributed by atoms with Gasteiger partial charge in [-0.2, -0.15) is 0 Å². The van der Waals surface area contributed by atoms with Crippen molar-refractivity contribution in [1.29, 1.82) is 0 Å². The smallest absolute Gasteiger partial charge is 0.408 e.